The molecule has 1 heterocycles. The second-order valence-electron chi connectivity index (χ2n) is 9.82. The number of para-hydroxylation sites is 1. The monoisotopic (exact) mass is 465 g/mol. The van der Waals surface area contributed by atoms with Gasteiger partial charge in [0, 0.05) is 43.2 Å². The molecular formula is C28H36FN3O2. The number of aromatic nitrogens is 1. The Kier molecular flexibility index (Phi) is 8.85. The summed E-state index contributed by atoms with van der Waals surface area (Å²) >= 11 is 0. The Morgan fingerprint density at radius 3 is 2.29 bits per heavy atom. The zero-order valence-corrected chi connectivity index (χ0v) is 20.7. The lowest BCUT2D eigenvalue weighted by molar-refractivity contribution is -0.141. The summed E-state index contributed by atoms with van der Waals surface area (Å²) < 4.78 is 13.4. The maximum absolute atomic E-state index is 13.5. The molecule has 2 aromatic carbocycles. The summed E-state index contributed by atoms with van der Waals surface area (Å²) in [5.74, 6) is 0.107. The molecule has 34 heavy (non-hydrogen) atoms. The predicted octanol–water partition coefficient (Wildman–Crippen LogP) is 5.41. The zero-order chi connectivity index (χ0) is 24.7. The minimum atomic E-state index is -0.303. The number of amides is 2. The van der Waals surface area contributed by atoms with Crippen molar-refractivity contribution >= 4 is 22.7 Å². The summed E-state index contributed by atoms with van der Waals surface area (Å²) in [5, 5.41) is 1.14. The maximum atomic E-state index is 13.5. The average Bonchev–Trinajstić information content (AvgIpc) is 3.19. The Balaban J connectivity index is 1.78. The van der Waals surface area contributed by atoms with Gasteiger partial charge in [0.1, 0.15) is 5.82 Å². The lowest BCUT2D eigenvalue weighted by Crippen LogP contribution is -2.44. The Labute approximate surface area is 201 Å². The quantitative estimate of drug-likeness (QED) is 0.412. The molecule has 0 saturated carbocycles. The highest BCUT2D eigenvalue weighted by Gasteiger charge is 2.23. The Hall–Kier alpha value is -3.15. The number of H-pyrrole nitrogens is 1. The summed E-state index contributed by atoms with van der Waals surface area (Å²) in [6, 6.07) is 14.3. The van der Waals surface area contributed by atoms with Gasteiger partial charge in [0.2, 0.25) is 11.8 Å². The number of hydrogen-bond acceptors (Lipinski definition) is 2. The molecule has 2 amide bonds. The summed E-state index contributed by atoms with van der Waals surface area (Å²) in [5.41, 5.74) is 3.07. The highest BCUT2D eigenvalue weighted by atomic mass is 19.1. The molecule has 6 heteroatoms. The number of carbonyl (C=O) groups is 2. The van der Waals surface area contributed by atoms with Crippen molar-refractivity contribution in [3.8, 4) is 0 Å². The first-order chi connectivity index (χ1) is 16.2. The molecule has 5 nitrogen and oxygen atoms in total. The molecule has 0 spiro atoms. The van der Waals surface area contributed by atoms with E-state index in [1.54, 1.807) is 21.9 Å². The molecule has 1 N–H and O–H groups in total. The SMILES string of the molecule is CC(C)CC(=O)N(CC(=O)N(CCc1c[nH]c2ccccc12)Cc1ccc(F)cc1)CC(C)C. The third-order valence-corrected chi connectivity index (χ3v) is 5.81. The van der Waals surface area contributed by atoms with Crippen LogP contribution in [0, 0.1) is 17.7 Å². The van der Waals surface area contributed by atoms with Gasteiger partial charge < -0.3 is 14.8 Å². The second kappa shape index (κ2) is 11.8. The van der Waals surface area contributed by atoms with Gasteiger partial charge in [0.05, 0.1) is 6.54 Å². The van der Waals surface area contributed by atoms with Crippen LogP contribution in [-0.4, -0.2) is 46.2 Å². The van der Waals surface area contributed by atoms with Crippen LogP contribution < -0.4 is 0 Å². The second-order valence-corrected chi connectivity index (χ2v) is 9.82. The summed E-state index contributed by atoms with van der Waals surface area (Å²) in [7, 11) is 0. The topological polar surface area (TPSA) is 56.4 Å². The molecule has 0 fully saturated rings. The Morgan fingerprint density at radius 2 is 1.62 bits per heavy atom. The van der Waals surface area contributed by atoms with Crippen molar-refractivity contribution in [3.63, 3.8) is 0 Å². The smallest absolute Gasteiger partial charge is 0.242 e. The van der Waals surface area contributed by atoms with Crippen LogP contribution in [0.2, 0.25) is 0 Å². The van der Waals surface area contributed by atoms with Crippen LogP contribution in [0.15, 0.2) is 54.7 Å². The van der Waals surface area contributed by atoms with E-state index in [4.69, 9.17) is 0 Å². The Bertz CT molecular complexity index is 1090. The van der Waals surface area contributed by atoms with Gasteiger partial charge in [-0.15, -0.1) is 0 Å². The fourth-order valence-electron chi connectivity index (χ4n) is 4.13. The van der Waals surface area contributed by atoms with Crippen LogP contribution in [0.1, 0.15) is 45.2 Å². The number of rotatable bonds is 11. The van der Waals surface area contributed by atoms with E-state index in [-0.39, 0.29) is 36.0 Å². The predicted molar refractivity (Wildman–Crippen MR) is 135 cm³/mol. The maximum Gasteiger partial charge on any atom is 0.242 e. The molecule has 3 aromatic rings. The zero-order valence-electron chi connectivity index (χ0n) is 20.7. The van der Waals surface area contributed by atoms with Crippen LogP contribution in [-0.2, 0) is 22.6 Å². The minimum absolute atomic E-state index is 0.00964. The standard InChI is InChI=1S/C28H36FN3O2/c1-20(2)15-27(33)32(17-21(3)4)19-28(34)31(18-22-9-11-24(29)12-10-22)14-13-23-16-30-26-8-6-5-7-25(23)26/h5-12,16,20-21,30H,13-15,17-19H2,1-4H3. The van der Waals surface area contributed by atoms with Crippen LogP contribution in [0.3, 0.4) is 0 Å². The highest BCUT2D eigenvalue weighted by molar-refractivity contribution is 5.85. The third-order valence-electron chi connectivity index (χ3n) is 5.81. The van der Waals surface area contributed by atoms with Crippen molar-refractivity contribution in [3.05, 3.63) is 71.7 Å². The van der Waals surface area contributed by atoms with Gasteiger partial charge >= 0.3 is 0 Å². The molecule has 1 aromatic heterocycles. The molecule has 0 unspecified atom stereocenters. The molecule has 0 bridgehead atoms. The molecule has 0 aliphatic carbocycles. The van der Waals surface area contributed by atoms with E-state index < -0.39 is 0 Å². The number of nitrogens with zero attached hydrogens (tertiary/aromatic N) is 2. The number of halogens is 1. The van der Waals surface area contributed by atoms with E-state index >= 15 is 0 Å². The highest BCUT2D eigenvalue weighted by Crippen LogP contribution is 2.19. The lowest BCUT2D eigenvalue weighted by atomic mass is 10.1. The van der Waals surface area contributed by atoms with Crippen LogP contribution in [0.25, 0.3) is 10.9 Å². The summed E-state index contributed by atoms with van der Waals surface area (Å²) in [6.07, 6.45) is 3.09. The van der Waals surface area contributed by atoms with Crippen LogP contribution in [0.5, 0.6) is 0 Å². The van der Waals surface area contributed by atoms with E-state index in [1.165, 1.54) is 12.1 Å². The van der Waals surface area contributed by atoms with E-state index in [9.17, 15) is 14.0 Å². The summed E-state index contributed by atoms with van der Waals surface area (Å²) in [6.45, 7) is 9.59. The van der Waals surface area contributed by atoms with Gasteiger partial charge in [-0.25, -0.2) is 4.39 Å². The van der Waals surface area contributed by atoms with Crippen LogP contribution in [0.4, 0.5) is 4.39 Å². The molecule has 0 aliphatic heterocycles. The molecule has 3 rings (SSSR count). The number of hydrogen-bond donors (Lipinski definition) is 1. The molecule has 0 saturated heterocycles. The van der Waals surface area contributed by atoms with Gasteiger partial charge in [-0.05, 0) is 47.6 Å². The molecule has 182 valence electrons. The first kappa shape index (κ1) is 25.5. The van der Waals surface area contributed by atoms with Gasteiger partial charge in [0.15, 0.2) is 0 Å². The number of aromatic amines is 1. The molecule has 0 atom stereocenters. The first-order valence-electron chi connectivity index (χ1n) is 12.1. The lowest BCUT2D eigenvalue weighted by Gasteiger charge is -2.29. The third kappa shape index (κ3) is 7.17. The number of nitrogens with one attached hydrogen (secondary N) is 1. The molecule has 0 aliphatic rings. The number of carbonyl (C=O) groups excluding carboxylic acids is 2. The van der Waals surface area contributed by atoms with Crippen molar-refractivity contribution < 1.29 is 14.0 Å². The van der Waals surface area contributed by atoms with Crippen molar-refractivity contribution in [1.29, 1.82) is 0 Å². The van der Waals surface area contributed by atoms with Crippen molar-refractivity contribution in [2.45, 2.75) is 47.1 Å². The van der Waals surface area contributed by atoms with E-state index in [2.05, 4.69) is 11.1 Å². The van der Waals surface area contributed by atoms with Crippen LogP contribution >= 0.6 is 0 Å². The van der Waals surface area contributed by atoms with E-state index in [0.29, 0.717) is 32.5 Å². The average molecular weight is 466 g/mol. The largest absolute Gasteiger partial charge is 0.361 e. The molecule has 0 radical (unpaired) electrons. The Morgan fingerprint density at radius 1 is 0.912 bits per heavy atom. The van der Waals surface area contributed by atoms with Gasteiger partial charge in [0.25, 0.3) is 0 Å². The van der Waals surface area contributed by atoms with Crippen molar-refractivity contribution in [2.75, 3.05) is 19.6 Å². The van der Waals surface area contributed by atoms with Gasteiger partial charge in [-0.1, -0.05) is 58.0 Å². The number of benzene rings is 2. The first-order valence-corrected chi connectivity index (χ1v) is 12.1. The van der Waals surface area contributed by atoms with E-state index in [1.807, 2.05) is 52.1 Å². The summed E-state index contributed by atoms with van der Waals surface area (Å²) in [4.78, 5) is 33.1. The number of fused-ring (bicyclic) bond motifs is 1. The van der Waals surface area contributed by atoms with E-state index in [0.717, 1.165) is 22.0 Å². The molecular weight excluding hydrogens is 429 g/mol. The van der Waals surface area contributed by atoms with Crippen molar-refractivity contribution in [1.82, 2.24) is 14.8 Å². The van der Waals surface area contributed by atoms with Gasteiger partial charge in [-0.3, -0.25) is 9.59 Å². The minimum Gasteiger partial charge on any atom is -0.361 e. The normalized spacial score (nSPS) is 11.4. The fraction of sp³-hybridized carbons (Fsp3) is 0.429. The van der Waals surface area contributed by atoms with Gasteiger partial charge in [-0.2, -0.15) is 0 Å². The fourth-order valence-corrected chi connectivity index (χ4v) is 4.13. The van der Waals surface area contributed by atoms with Crippen molar-refractivity contribution in [2.24, 2.45) is 11.8 Å².